The quantitative estimate of drug-likeness (QED) is 0.339. The molecule has 1 N–H and O–H groups in total. The highest BCUT2D eigenvalue weighted by atomic mass is 16.6. The maximum atomic E-state index is 12.0. The lowest BCUT2D eigenvalue weighted by molar-refractivity contribution is -0.384. The van der Waals surface area contributed by atoms with E-state index >= 15 is 0 Å². The zero-order valence-corrected chi connectivity index (χ0v) is 13.6. The van der Waals surface area contributed by atoms with Crippen molar-refractivity contribution in [3.63, 3.8) is 0 Å². The van der Waals surface area contributed by atoms with Crippen molar-refractivity contribution < 1.29 is 4.92 Å². The smallest absolute Gasteiger partial charge is 0.328 e. The van der Waals surface area contributed by atoms with E-state index in [1.807, 2.05) is 18.2 Å². The molecular formula is C18H12N4O4. The molecule has 0 saturated heterocycles. The molecule has 4 rings (SSSR count). The van der Waals surface area contributed by atoms with Gasteiger partial charge in [-0.15, -0.1) is 0 Å². The van der Waals surface area contributed by atoms with E-state index in [1.165, 1.54) is 12.1 Å². The van der Waals surface area contributed by atoms with Crippen molar-refractivity contribution in [3.8, 4) is 22.5 Å². The summed E-state index contributed by atoms with van der Waals surface area (Å²) in [5, 5.41) is 11.6. The van der Waals surface area contributed by atoms with E-state index in [4.69, 9.17) is 0 Å². The van der Waals surface area contributed by atoms with E-state index in [0.29, 0.717) is 11.4 Å². The standard InChI is InChI=1S/C18H12N4O4/c1-21-15-9-11(10-4-6-13(7-5-10)22(25)26)2-3-12(15)8-14-16(21)19-18(24)20-17(14)23/h2-9H,1H3,(H,20,23,24). The summed E-state index contributed by atoms with van der Waals surface area (Å²) in [5.74, 6) is 0.298. The molecule has 0 atom stereocenters. The van der Waals surface area contributed by atoms with Gasteiger partial charge in [-0.05, 0) is 40.8 Å². The van der Waals surface area contributed by atoms with Crippen LogP contribution >= 0.6 is 0 Å². The number of nitrogens with one attached hydrogen (secondary N) is 1. The van der Waals surface area contributed by atoms with E-state index in [2.05, 4.69) is 9.97 Å². The number of hydrogen-bond acceptors (Lipinski definition) is 5. The van der Waals surface area contributed by atoms with Crippen LogP contribution in [0.2, 0.25) is 0 Å². The number of H-pyrrole nitrogens is 1. The van der Waals surface area contributed by atoms with Gasteiger partial charge in [0.05, 0.1) is 10.5 Å². The molecule has 8 nitrogen and oxygen atoms in total. The lowest BCUT2D eigenvalue weighted by Crippen LogP contribution is -2.27. The average Bonchev–Trinajstić information content (AvgIpc) is 2.63. The molecular weight excluding hydrogens is 336 g/mol. The van der Waals surface area contributed by atoms with E-state index < -0.39 is 16.2 Å². The van der Waals surface area contributed by atoms with Crippen molar-refractivity contribution >= 4 is 16.6 Å². The Balaban J connectivity index is 1.95. The SMILES string of the molecule is Cn1c2nc(=O)[nH]c(=O)c-2cc2ccc(-c3ccc([N+](=O)[O-])cc3)cc21. The molecule has 2 aromatic carbocycles. The van der Waals surface area contributed by atoms with Crippen molar-refractivity contribution in [1.82, 2.24) is 14.5 Å². The second-order valence-corrected chi connectivity index (χ2v) is 5.89. The van der Waals surface area contributed by atoms with Crippen LogP contribution in [0.3, 0.4) is 0 Å². The average molecular weight is 348 g/mol. The minimum atomic E-state index is -0.691. The normalized spacial score (nSPS) is 11.1. The van der Waals surface area contributed by atoms with Gasteiger partial charge in [-0.25, -0.2) is 4.79 Å². The van der Waals surface area contributed by atoms with Crippen LogP contribution in [0, 0.1) is 10.1 Å². The highest BCUT2D eigenvalue weighted by Gasteiger charge is 2.15. The molecule has 0 amide bonds. The molecule has 2 aliphatic heterocycles. The van der Waals surface area contributed by atoms with Gasteiger partial charge < -0.3 is 4.57 Å². The van der Waals surface area contributed by atoms with Gasteiger partial charge >= 0.3 is 5.69 Å². The topological polar surface area (TPSA) is 111 Å². The van der Waals surface area contributed by atoms with Gasteiger partial charge in [0.1, 0.15) is 0 Å². The fraction of sp³-hybridized carbons (Fsp3) is 0.0556. The van der Waals surface area contributed by atoms with E-state index in [1.54, 1.807) is 29.8 Å². The summed E-state index contributed by atoms with van der Waals surface area (Å²) in [7, 11) is 1.73. The number of nitro benzene ring substituents is 1. The van der Waals surface area contributed by atoms with E-state index in [0.717, 1.165) is 22.0 Å². The van der Waals surface area contributed by atoms with Crippen molar-refractivity contribution in [2.75, 3.05) is 0 Å². The summed E-state index contributed by atoms with van der Waals surface area (Å²) < 4.78 is 1.69. The van der Waals surface area contributed by atoms with Gasteiger partial charge in [0.15, 0.2) is 5.82 Å². The summed E-state index contributed by atoms with van der Waals surface area (Å²) >= 11 is 0. The summed E-state index contributed by atoms with van der Waals surface area (Å²) in [6, 6.07) is 13.6. The van der Waals surface area contributed by atoms with Gasteiger partial charge in [-0.2, -0.15) is 4.98 Å². The van der Waals surface area contributed by atoms with Crippen LogP contribution in [0.15, 0.2) is 58.1 Å². The first-order valence-electron chi connectivity index (χ1n) is 7.73. The van der Waals surface area contributed by atoms with Crippen LogP contribution < -0.4 is 11.2 Å². The molecule has 0 spiro atoms. The van der Waals surface area contributed by atoms with Gasteiger partial charge in [-0.3, -0.25) is 19.9 Å². The third kappa shape index (κ3) is 2.44. The molecule has 0 aliphatic carbocycles. The molecule has 0 aromatic heterocycles. The van der Waals surface area contributed by atoms with Gasteiger partial charge in [0.2, 0.25) is 0 Å². The lowest BCUT2D eigenvalue weighted by Gasteiger charge is -2.14. The summed E-state index contributed by atoms with van der Waals surface area (Å²) in [6.07, 6.45) is 0. The minimum absolute atomic E-state index is 0.0255. The predicted octanol–water partition coefficient (Wildman–Crippen LogP) is 2.30. The van der Waals surface area contributed by atoms with Crippen LogP contribution in [0.4, 0.5) is 5.69 Å². The first-order valence-corrected chi connectivity index (χ1v) is 7.73. The van der Waals surface area contributed by atoms with Crippen molar-refractivity contribution in [3.05, 3.63) is 79.5 Å². The number of fused-ring (bicyclic) bond motifs is 2. The Morgan fingerprint density at radius 1 is 1.04 bits per heavy atom. The van der Waals surface area contributed by atoms with Gasteiger partial charge in [0, 0.05) is 24.7 Å². The molecule has 8 heteroatoms. The van der Waals surface area contributed by atoms with Gasteiger partial charge in [0.25, 0.3) is 11.2 Å². The van der Waals surface area contributed by atoms with Crippen LogP contribution in [-0.2, 0) is 7.05 Å². The van der Waals surface area contributed by atoms with Crippen LogP contribution in [0.25, 0.3) is 33.4 Å². The number of rotatable bonds is 2. The number of pyridine rings is 1. The van der Waals surface area contributed by atoms with Crippen LogP contribution in [0.5, 0.6) is 0 Å². The number of nitro groups is 1. The van der Waals surface area contributed by atoms with Crippen molar-refractivity contribution in [2.45, 2.75) is 0 Å². The molecule has 0 bridgehead atoms. The molecule has 128 valence electrons. The summed E-state index contributed by atoms with van der Waals surface area (Å²) in [4.78, 5) is 39.9. The monoisotopic (exact) mass is 348 g/mol. The van der Waals surface area contributed by atoms with Crippen LogP contribution in [-0.4, -0.2) is 19.5 Å². The Hall–Kier alpha value is -3.81. The zero-order valence-electron chi connectivity index (χ0n) is 13.6. The number of nitrogens with zero attached hydrogens (tertiary/aromatic N) is 3. The lowest BCUT2D eigenvalue weighted by atomic mass is 10.0. The number of hydrogen-bond donors (Lipinski definition) is 1. The molecule has 0 saturated carbocycles. The van der Waals surface area contributed by atoms with E-state index in [9.17, 15) is 19.7 Å². The van der Waals surface area contributed by atoms with Crippen LogP contribution in [0.1, 0.15) is 0 Å². The molecule has 0 unspecified atom stereocenters. The first kappa shape index (κ1) is 15.7. The molecule has 0 radical (unpaired) electrons. The second kappa shape index (κ2) is 5.62. The zero-order chi connectivity index (χ0) is 18.4. The molecule has 26 heavy (non-hydrogen) atoms. The highest BCUT2D eigenvalue weighted by molar-refractivity contribution is 5.89. The first-order chi connectivity index (χ1) is 12.4. The molecule has 2 heterocycles. The number of aromatic nitrogens is 3. The fourth-order valence-corrected chi connectivity index (χ4v) is 3.02. The number of benzene rings is 2. The summed E-state index contributed by atoms with van der Waals surface area (Å²) in [5.41, 5.74) is 1.66. The molecule has 2 aromatic rings. The third-order valence-corrected chi connectivity index (χ3v) is 4.33. The predicted molar refractivity (Wildman–Crippen MR) is 96.3 cm³/mol. The Bertz CT molecular complexity index is 1260. The third-order valence-electron chi connectivity index (χ3n) is 4.33. The number of non-ortho nitro benzene ring substituents is 1. The number of aromatic amines is 1. The maximum absolute atomic E-state index is 12.0. The Morgan fingerprint density at radius 2 is 1.73 bits per heavy atom. The Morgan fingerprint density at radius 3 is 2.42 bits per heavy atom. The van der Waals surface area contributed by atoms with E-state index in [-0.39, 0.29) is 5.69 Å². The largest absolute Gasteiger partial charge is 0.349 e. The molecule has 2 aliphatic rings. The maximum Gasteiger partial charge on any atom is 0.349 e. The van der Waals surface area contributed by atoms with Crippen molar-refractivity contribution in [1.29, 1.82) is 0 Å². The van der Waals surface area contributed by atoms with Crippen molar-refractivity contribution in [2.24, 2.45) is 7.05 Å². The second-order valence-electron chi connectivity index (χ2n) is 5.89. The fourth-order valence-electron chi connectivity index (χ4n) is 3.02. The summed E-state index contributed by atoms with van der Waals surface area (Å²) in [6.45, 7) is 0. The Labute approximate surface area is 145 Å². The minimum Gasteiger partial charge on any atom is -0.328 e. The molecule has 0 fully saturated rings. The van der Waals surface area contributed by atoms with Gasteiger partial charge in [-0.1, -0.05) is 12.1 Å². The Kier molecular flexibility index (Phi) is 3.40. The highest BCUT2D eigenvalue weighted by Crippen LogP contribution is 2.28. The number of aryl methyl sites for hydroxylation is 1.